The molecule has 0 spiro atoms. The van der Waals surface area contributed by atoms with Gasteiger partial charge in [-0.15, -0.1) is 0 Å². The number of carboxylic acids is 2. The number of rotatable bonds is 4. The summed E-state index contributed by atoms with van der Waals surface area (Å²) in [5.41, 5.74) is 1.72. The van der Waals surface area contributed by atoms with Crippen LogP contribution in [0.25, 0.3) is 11.1 Å². The van der Waals surface area contributed by atoms with E-state index in [1.807, 2.05) is 0 Å². The summed E-state index contributed by atoms with van der Waals surface area (Å²) in [6, 6.07) is 12.3. The van der Waals surface area contributed by atoms with Crippen LogP contribution in [0.15, 0.2) is 59.7 Å². The first-order chi connectivity index (χ1) is 12.9. The minimum absolute atomic E-state index is 0.0508. The zero-order chi connectivity index (χ0) is 19.3. The van der Waals surface area contributed by atoms with Gasteiger partial charge in [-0.25, -0.2) is 9.59 Å². The fraction of sp³-hybridized carbons (Fsp3) is 0.100. The van der Waals surface area contributed by atoms with Crippen LogP contribution in [0.2, 0.25) is 0 Å². The van der Waals surface area contributed by atoms with Crippen LogP contribution in [0.4, 0.5) is 0 Å². The Balaban J connectivity index is 1.96. The van der Waals surface area contributed by atoms with E-state index in [-0.39, 0.29) is 22.6 Å². The van der Waals surface area contributed by atoms with Crippen molar-refractivity contribution in [2.75, 3.05) is 0 Å². The largest absolute Gasteiger partial charge is 0.508 e. The van der Waals surface area contributed by atoms with E-state index < -0.39 is 24.1 Å². The van der Waals surface area contributed by atoms with E-state index in [0.29, 0.717) is 22.3 Å². The van der Waals surface area contributed by atoms with Crippen molar-refractivity contribution in [1.82, 2.24) is 0 Å². The van der Waals surface area contributed by atoms with Crippen molar-refractivity contribution in [3.8, 4) is 11.5 Å². The topological polar surface area (TPSA) is 124 Å². The van der Waals surface area contributed by atoms with E-state index in [2.05, 4.69) is 0 Å². The molecule has 2 heterocycles. The monoisotopic (exact) mass is 366 g/mol. The van der Waals surface area contributed by atoms with Crippen LogP contribution in [0.3, 0.4) is 0 Å². The quantitative estimate of drug-likeness (QED) is 0.654. The normalized spacial score (nSPS) is 21.0. The fourth-order valence-corrected chi connectivity index (χ4v) is 3.61. The highest BCUT2D eigenvalue weighted by Gasteiger charge is 2.51. The molecule has 27 heavy (non-hydrogen) atoms. The highest BCUT2D eigenvalue weighted by Crippen LogP contribution is 2.51. The van der Waals surface area contributed by atoms with E-state index in [9.17, 15) is 30.0 Å². The molecule has 2 bridgehead atoms. The molecular formula is C20H14O7. The minimum atomic E-state index is -1.35. The first-order valence-electron chi connectivity index (χ1n) is 8.07. The summed E-state index contributed by atoms with van der Waals surface area (Å²) >= 11 is 0. The highest BCUT2D eigenvalue weighted by atomic mass is 16.5. The molecule has 0 aromatic heterocycles. The van der Waals surface area contributed by atoms with Crippen LogP contribution in [0.5, 0.6) is 11.5 Å². The van der Waals surface area contributed by atoms with Gasteiger partial charge < -0.3 is 25.2 Å². The number of carboxylic acid groups (broad SMARTS) is 2. The SMILES string of the molecule is O=C(O)C1=C(C(=O)O)[C@@H]2O[C@H]1C(c1ccc(O)cc1)=C2c1ccc(O)cc1. The molecule has 0 radical (unpaired) electrons. The second-order valence-electron chi connectivity index (χ2n) is 6.25. The van der Waals surface area contributed by atoms with Gasteiger partial charge in [0.15, 0.2) is 0 Å². The van der Waals surface area contributed by atoms with Gasteiger partial charge in [0.25, 0.3) is 0 Å². The van der Waals surface area contributed by atoms with Crippen LogP contribution in [0.1, 0.15) is 11.1 Å². The summed E-state index contributed by atoms with van der Waals surface area (Å²) in [7, 11) is 0. The van der Waals surface area contributed by atoms with Gasteiger partial charge in [-0.2, -0.15) is 0 Å². The van der Waals surface area contributed by atoms with Crippen molar-refractivity contribution in [2.24, 2.45) is 0 Å². The van der Waals surface area contributed by atoms with Gasteiger partial charge in [0.05, 0.1) is 11.1 Å². The predicted octanol–water partition coefficient (Wildman–Crippen LogP) is 2.26. The lowest BCUT2D eigenvalue weighted by Crippen LogP contribution is -2.23. The molecular weight excluding hydrogens is 352 g/mol. The molecule has 2 aliphatic rings. The van der Waals surface area contributed by atoms with E-state index in [1.54, 1.807) is 24.3 Å². The van der Waals surface area contributed by atoms with Gasteiger partial charge in [-0.05, 0) is 46.5 Å². The molecule has 4 N–H and O–H groups in total. The third-order valence-corrected chi connectivity index (χ3v) is 4.72. The standard InChI is InChI=1S/C20H14O7/c21-11-5-1-9(2-6-11)13-14(10-3-7-12(22)8-4-10)18-16(20(25)26)15(19(23)24)17(13)27-18/h1-8,17-18,21-22H,(H,23,24)(H,25,26)/t17-,18+. The Morgan fingerprint density at radius 3 is 1.30 bits per heavy atom. The van der Waals surface area contributed by atoms with Crippen molar-refractivity contribution >= 4 is 23.1 Å². The molecule has 7 nitrogen and oxygen atoms in total. The number of aromatic hydroxyl groups is 2. The summed E-state index contributed by atoms with van der Waals surface area (Å²) in [6.45, 7) is 0. The Labute approximate surface area is 153 Å². The maximum Gasteiger partial charge on any atom is 0.335 e. The highest BCUT2D eigenvalue weighted by molar-refractivity contribution is 6.13. The summed E-state index contributed by atoms with van der Waals surface area (Å²) in [6.07, 6.45) is -2.07. The van der Waals surface area contributed by atoms with Gasteiger partial charge in [0.1, 0.15) is 23.7 Å². The molecule has 4 rings (SSSR count). The molecule has 7 heteroatoms. The lowest BCUT2D eigenvalue weighted by atomic mass is 9.80. The Kier molecular flexibility index (Phi) is 3.75. The van der Waals surface area contributed by atoms with Crippen LogP contribution in [0, 0.1) is 0 Å². The van der Waals surface area contributed by atoms with E-state index in [1.165, 1.54) is 24.3 Å². The first-order valence-corrected chi connectivity index (χ1v) is 8.07. The molecule has 0 aliphatic carbocycles. The molecule has 0 saturated carbocycles. The number of ether oxygens (including phenoxy) is 1. The van der Waals surface area contributed by atoms with E-state index >= 15 is 0 Å². The molecule has 136 valence electrons. The molecule has 0 fully saturated rings. The maximum atomic E-state index is 11.7. The van der Waals surface area contributed by atoms with Crippen molar-refractivity contribution in [2.45, 2.75) is 12.2 Å². The van der Waals surface area contributed by atoms with Crippen LogP contribution in [-0.2, 0) is 14.3 Å². The summed E-state index contributed by atoms with van der Waals surface area (Å²) in [4.78, 5) is 23.5. The fourth-order valence-electron chi connectivity index (χ4n) is 3.61. The lowest BCUT2D eigenvalue weighted by Gasteiger charge is -2.20. The summed E-state index contributed by atoms with van der Waals surface area (Å²) in [5, 5.41) is 38.2. The molecule has 0 amide bonds. The smallest absolute Gasteiger partial charge is 0.335 e. The molecule has 2 aliphatic heterocycles. The zero-order valence-corrected chi connectivity index (χ0v) is 13.8. The van der Waals surface area contributed by atoms with Crippen LogP contribution >= 0.6 is 0 Å². The van der Waals surface area contributed by atoms with Gasteiger partial charge >= 0.3 is 11.9 Å². The Hall–Kier alpha value is -3.58. The Bertz CT molecular complexity index is 932. The van der Waals surface area contributed by atoms with Crippen LogP contribution in [-0.4, -0.2) is 44.6 Å². The van der Waals surface area contributed by atoms with Crippen molar-refractivity contribution in [3.63, 3.8) is 0 Å². The van der Waals surface area contributed by atoms with Gasteiger partial charge in [-0.1, -0.05) is 24.3 Å². The van der Waals surface area contributed by atoms with Gasteiger partial charge in [0.2, 0.25) is 0 Å². The number of carbonyl (C=O) groups is 2. The second-order valence-corrected chi connectivity index (χ2v) is 6.25. The Morgan fingerprint density at radius 1 is 0.667 bits per heavy atom. The molecule has 2 atom stereocenters. The Morgan fingerprint density at radius 2 is 1.00 bits per heavy atom. The number of aliphatic carboxylic acids is 2. The summed E-state index contributed by atoms with van der Waals surface area (Å²) < 4.78 is 5.78. The molecule has 0 unspecified atom stereocenters. The van der Waals surface area contributed by atoms with Gasteiger partial charge in [-0.3, -0.25) is 0 Å². The third kappa shape index (κ3) is 2.56. The second kappa shape index (κ2) is 6.00. The average Bonchev–Trinajstić information content (AvgIpc) is 3.19. The van der Waals surface area contributed by atoms with E-state index in [4.69, 9.17) is 4.74 Å². The zero-order valence-electron chi connectivity index (χ0n) is 13.8. The maximum absolute atomic E-state index is 11.7. The number of phenolic OH excluding ortho intramolecular Hbond substituents is 2. The van der Waals surface area contributed by atoms with Crippen LogP contribution < -0.4 is 0 Å². The number of hydrogen-bond acceptors (Lipinski definition) is 5. The average molecular weight is 366 g/mol. The minimum Gasteiger partial charge on any atom is -0.508 e. The molecule has 2 aromatic rings. The third-order valence-electron chi connectivity index (χ3n) is 4.72. The molecule has 2 aromatic carbocycles. The van der Waals surface area contributed by atoms with Crippen molar-refractivity contribution in [1.29, 1.82) is 0 Å². The van der Waals surface area contributed by atoms with Crippen molar-refractivity contribution in [3.05, 3.63) is 70.8 Å². The summed E-state index contributed by atoms with van der Waals surface area (Å²) in [5.74, 6) is -2.59. The molecule has 0 saturated heterocycles. The number of benzene rings is 2. The first kappa shape index (κ1) is 16.9. The van der Waals surface area contributed by atoms with Crippen molar-refractivity contribution < 1.29 is 34.8 Å². The number of hydrogen-bond donors (Lipinski definition) is 4. The predicted molar refractivity (Wildman–Crippen MR) is 94.0 cm³/mol. The van der Waals surface area contributed by atoms with Gasteiger partial charge in [0, 0.05) is 0 Å². The van der Waals surface area contributed by atoms with E-state index in [0.717, 1.165) is 0 Å². The lowest BCUT2D eigenvalue weighted by molar-refractivity contribution is -0.135. The number of fused-ring (bicyclic) bond motifs is 2. The number of phenols is 2.